The van der Waals surface area contributed by atoms with Gasteiger partial charge in [0, 0.05) is 23.2 Å². The molecular weight excluding hydrogens is 347 g/mol. The Bertz CT molecular complexity index is 993. The third-order valence-corrected chi connectivity index (χ3v) is 4.07. The first-order valence-corrected chi connectivity index (χ1v) is 7.95. The van der Waals surface area contributed by atoms with Gasteiger partial charge in [-0.2, -0.15) is 0 Å². The van der Waals surface area contributed by atoms with Crippen molar-refractivity contribution in [1.82, 2.24) is 4.98 Å². The molecule has 1 N–H and O–H groups in total. The van der Waals surface area contributed by atoms with Crippen molar-refractivity contribution in [1.29, 1.82) is 0 Å². The van der Waals surface area contributed by atoms with E-state index in [-0.39, 0.29) is 10.7 Å². The van der Waals surface area contributed by atoms with Gasteiger partial charge in [-0.3, -0.25) is 4.79 Å². The van der Waals surface area contributed by atoms with E-state index >= 15 is 0 Å². The number of amides is 1. The summed E-state index contributed by atoms with van der Waals surface area (Å²) < 4.78 is 24.2. The van der Waals surface area contributed by atoms with Gasteiger partial charge in [-0.05, 0) is 30.3 Å². The summed E-state index contributed by atoms with van der Waals surface area (Å²) in [7, 11) is 0. The fraction of sp³-hybridized carbons (Fsp3) is 0.111. The zero-order chi connectivity index (χ0) is 17.4. The molecule has 1 amide bonds. The molecule has 0 fully saturated rings. The Balaban J connectivity index is 1.63. The number of hydrogen-bond acceptors (Lipinski definition) is 4. The second-order valence-corrected chi connectivity index (χ2v) is 5.83. The standard InChI is InChI=1S/C18H12ClFN2O3/c19-17-13(7-10-1-2-11(20)8-14(10)22-17)18(23)21-12-3-4-15-16(9-12)25-6-5-24-15/h1-4,7-9H,5-6H2,(H,21,23). The van der Waals surface area contributed by atoms with Gasteiger partial charge in [0.2, 0.25) is 0 Å². The van der Waals surface area contributed by atoms with Gasteiger partial charge >= 0.3 is 0 Å². The van der Waals surface area contributed by atoms with Gasteiger partial charge in [0.15, 0.2) is 11.5 Å². The van der Waals surface area contributed by atoms with Crippen molar-refractivity contribution < 1.29 is 18.7 Å². The maximum absolute atomic E-state index is 13.3. The largest absolute Gasteiger partial charge is 0.486 e. The molecule has 0 aliphatic carbocycles. The van der Waals surface area contributed by atoms with Crippen molar-refractivity contribution >= 4 is 34.1 Å². The number of nitrogens with one attached hydrogen (secondary N) is 1. The van der Waals surface area contributed by atoms with Crippen LogP contribution < -0.4 is 14.8 Å². The van der Waals surface area contributed by atoms with Crippen LogP contribution in [-0.4, -0.2) is 24.1 Å². The van der Waals surface area contributed by atoms with Crippen molar-refractivity contribution in [3.05, 3.63) is 59.0 Å². The molecule has 0 atom stereocenters. The fourth-order valence-corrected chi connectivity index (χ4v) is 2.83. The van der Waals surface area contributed by atoms with Crippen molar-refractivity contribution in [2.45, 2.75) is 0 Å². The van der Waals surface area contributed by atoms with Crippen molar-refractivity contribution in [2.24, 2.45) is 0 Å². The van der Waals surface area contributed by atoms with E-state index in [0.29, 0.717) is 41.3 Å². The number of halogens is 2. The minimum Gasteiger partial charge on any atom is -0.486 e. The Morgan fingerprint density at radius 2 is 1.88 bits per heavy atom. The van der Waals surface area contributed by atoms with Gasteiger partial charge < -0.3 is 14.8 Å². The molecule has 4 rings (SSSR count). The highest BCUT2D eigenvalue weighted by molar-refractivity contribution is 6.33. The summed E-state index contributed by atoms with van der Waals surface area (Å²) in [6.45, 7) is 0.957. The highest BCUT2D eigenvalue weighted by Gasteiger charge is 2.16. The van der Waals surface area contributed by atoms with E-state index in [1.165, 1.54) is 12.1 Å². The topological polar surface area (TPSA) is 60.5 Å². The Labute approximate surface area is 147 Å². The Hall–Kier alpha value is -2.86. The molecule has 1 aliphatic rings. The number of anilines is 1. The Morgan fingerprint density at radius 1 is 1.08 bits per heavy atom. The first kappa shape index (κ1) is 15.7. The van der Waals surface area contributed by atoms with E-state index in [1.807, 2.05) is 0 Å². The van der Waals surface area contributed by atoms with Crippen molar-refractivity contribution in [3.8, 4) is 11.5 Å². The monoisotopic (exact) mass is 358 g/mol. The van der Waals surface area contributed by atoms with Crippen LogP contribution in [0.4, 0.5) is 10.1 Å². The quantitative estimate of drug-likeness (QED) is 0.702. The number of carbonyl (C=O) groups is 1. The molecule has 5 nitrogen and oxygen atoms in total. The molecule has 0 bridgehead atoms. The molecule has 0 unspecified atom stereocenters. The molecule has 1 aliphatic heterocycles. The fourth-order valence-electron chi connectivity index (χ4n) is 2.60. The molecule has 0 radical (unpaired) electrons. The summed E-state index contributed by atoms with van der Waals surface area (Å²) in [4.78, 5) is 16.6. The number of pyridine rings is 1. The lowest BCUT2D eigenvalue weighted by atomic mass is 10.1. The first-order chi connectivity index (χ1) is 12.1. The smallest absolute Gasteiger partial charge is 0.258 e. The number of rotatable bonds is 2. The van der Waals surface area contributed by atoms with Crippen LogP contribution in [0.1, 0.15) is 10.4 Å². The van der Waals surface area contributed by atoms with Gasteiger partial charge in [-0.25, -0.2) is 9.37 Å². The van der Waals surface area contributed by atoms with E-state index in [4.69, 9.17) is 21.1 Å². The molecule has 3 aromatic rings. The third kappa shape index (κ3) is 3.08. The maximum Gasteiger partial charge on any atom is 0.258 e. The highest BCUT2D eigenvalue weighted by atomic mass is 35.5. The molecule has 0 saturated heterocycles. The van der Waals surface area contributed by atoms with Crippen molar-refractivity contribution in [3.63, 3.8) is 0 Å². The lowest BCUT2D eigenvalue weighted by Gasteiger charge is -2.19. The second kappa shape index (κ2) is 6.22. The SMILES string of the molecule is O=C(Nc1ccc2c(c1)OCCO2)c1cc2ccc(F)cc2nc1Cl. The van der Waals surface area contributed by atoms with Crippen LogP contribution in [0, 0.1) is 5.82 Å². The maximum atomic E-state index is 13.3. The number of benzene rings is 2. The van der Waals surface area contributed by atoms with Crippen molar-refractivity contribution in [2.75, 3.05) is 18.5 Å². The summed E-state index contributed by atoms with van der Waals surface area (Å²) in [5.74, 6) is 0.379. The summed E-state index contributed by atoms with van der Waals surface area (Å²) in [5, 5.41) is 3.38. The molecule has 0 saturated carbocycles. The van der Waals surface area contributed by atoms with Gasteiger partial charge in [-0.1, -0.05) is 11.6 Å². The molecule has 7 heteroatoms. The predicted molar refractivity (Wildman–Crippen MR) is 92.1 cm³/mol. The van der Waals surface area contributed by atoms with E-state index in [2.05, 4.69) is 10.3 Å². The number of aromatic nitrogens is 1. The van der Waals surface area contributed by atoms with Gasteiger partial charge in [-0.15, -0.1) is 0 Å². The molecular formula is C18H12ClFN2O3. The highest BCUT2D eigenvalue weighted by Crippen LogP contribution is 2.33. The van der Waals surface area contributed by atoms with Gasteiger partial charge in [0.25, 0.3) is 5.91 Å². The molecule has 25 heavy (non-hydrogen) atoms. The number of ether oxygens (including phenoxy) is 2. The van der Waals surface area contributed by atoms with E-state index in [9.17, 15) is 9.18 Å². The minimum absolute atomic E-state index is 0.00754. The van der Waals surface area contributed by atoms with Gasteiger partial charge in [0.05, 0.1) is 11.1 Å². The number of fused-ring (bicyclic) bond motifs is 2. The van der Waals surface area contributed by atoms with Crippen LogP contribution in [0.3, 0.4) is 0 Å². The Kier molecular flexibility index (Phi) is 3.89. The van der Waals surface area contributed by atoms with Crippen LogP contribution in [0.2, 0.25) is 5.15 Å². The van der Waals surface area contributed by atoms with E-state index < -0.39 is 11.7 Å². The average Bonchev–Trinajstić information content (AvgIpc) is 2.61. The minimum atomic E-state index is -0.416. The molecule has 0 spiro atoms. The summed E-state index contributed by atoms with van der Waals surface area (Å²) in [6, 6.07) is 10.8. The van der Waals surface area contributed by atoms with E-state index in [0.717, 1.165) is 0 Å². The molecule has 1 aromatic heterocycles. The summed E-state index contributed by atoms with van der Waals surface area (Å²) in [5.41, 5.74) is 1.14. The van der Waals surface area contributed by atoms with Gasteiger partial charge in [0.1, 0.15) is 24.2 Å². The van der Waals surface area contributed by atoms with Crippen LogP contribution in [0.5, 0.6) is 11.5 Å². The summed E-state index contributed by atoms with van der Waals surface area (Å²) in [6.07, 6.45) is 0. The Morgan fingerprint density at radius 3 is 2.72 bits per heavy atom. The van der Waals surface area contributed by atoms with Crippen LogP contribution in [0.25, 0.3) is 10.9 Å². The molecule has 2 heterocycles. The van der Waals surface area contributed by atoms with Crippen LogP contribution in [-0.2, 0) is 0 Å². The van der Waals surface area contributed by atoms with Crippen LogP contribution in [0.15, 0.2) is 42.5 Å². The number of carbonyl (C=O) groups excluding carboxylic acids is 1. The number of nitrogens with zero attached hydrogens (tertiary/aromatic N) is 1. The summed E-state index contributed by atoms with van der Waals surface area (Å²) >= 11 is 6.09. The van der Waals surface area contributed by atoms with E-state index in [1.54, 1.807) is 30.3 Å². The third-order valence-electron chi connectivity index (χ3n) is 3.78. The first-order valence-electron chi connectivity index (χ1n) is 7.57. The second-order valence-electron chi connectivity index (χ2n) is 5.48. The molecule has 2 aromatic carbocycles. The predicted octanol–water partition coefficient (Wildman–Crippen LogP) is 4.05. The zero-order valence-electron chi connectivity index (χ0n) is 12.9. The normalized spacial score (nSPS) is 12.9. The molecule has 126 valence electrons. The average molecular weight is 359 g/mol. The number of hydrogen-bond donors (Lipinski definition) is 1. The lowest BCUT2D eigenvalue weighted by Crippen LogP contribution is -2.16. The lowest BCUT2D eigenvalue weighted by molar-refractivity contribution is 0.102. The van der Waals surface area contributed by atoms with Crippen LogP contribution >= 0.6 is 11.6 Å². The zero-order valence-corrected chi connectivity index (χ0v) is 13.6.